The number of rotatable bonds is 6. The van der Waals surface area contributed by atoms with Crippen LogP contribution in [0.3, 0.4) is 0 Å². The minimum Gasteiger partial charge on any atom is -0.347 e. The molecule has 0 bridgehead atoms. The molecule has 0 unspecified atom stereocenters. The first kappa shape index (κ1) is 27.0. The van der Waals surface area contributed by atoms with Gasteiger partial charge in [-0.3, -0.25) is 4.79 Å². The van der Waals surface area contributed by atoms with Crippen LogP contribution in [-0.4, -0.2) is 11.0 Å². The van der Waals surface area contributed by atoms with Crippen LogP contribution >= 0.6 is 12.2 Å². The molecule has 0 saturated heterocycles. The summed E-state index contributed by atoms with van der Waals surface area (Å²) in [5, 5.41) is 7.55. The highest BCUT2D eigenvalue weighted by Crippen LogP contribution is 2.37. The van der Waals surface area contributed by atoms with E-state index in [-0.39, 0.29) is 17.2 Å². The van der Waals surface area contributed by atoms with Gasteiger partial charge in [-0.2, -0.15) is 26.3 Å². The first-order chi connectivity index (χ1) is 16.8. The maximum Gasteiger partial charge on any atom is 0.416 e. The Morgan fingerprint density at radius 1 is 0.750 bits per heavy atom. The monoisotopic (exact) mass is 525 g/mol. The molecule has 0 aliphatic rings. The second kappa shape index (κ2) is 11.0. The molecule has 11 heteroatoms. The van der Waals surface area contributed by atoms with Crippen molar-refractivity contribution in [3.8, 4) is 0 Å². The zero-order valence-electron chi connectivity index (χ0n) is 18.7. The number of nitrogens with one attached hydrogen (secondary N) is 3. The zero-order chi connectivity index (χ0) is 26.5. The lowest BCUT2D eigenvalue weighted by Gasteiger charge is -2.24. The van der Waals surface area contributed by atoms with Crippen LogP contribution in [0.15, 0.2) is 78.9 Å². The number of carbonyl (C=O) groups excluding carboxylic acids is 1. The summed E-state index contributed by atoms with van der Waals surface area (Å²) in [6.45, 7) is 1.77. The van der Waals surface area contributed by atoms with E-state index in [1.807, 2.05) is 30.3 Å². The number of hydrogen-bond donors (Lipinski definition) is 3. The number of carbonyl (C=O) groups is 1. The minimum absolute atomic E-state index is 0.0207. The molecule has 1 amide bonds. The van der Waals surface area contributed by atoms with Gasteiger partial charge in [0.15, 0.2) is 5.11 Å². The van der Waals surface area contributed by atoms with E-state index in [0.717, 1.165) is 5.56 Å². The molecule has 0 spiro atoms. The van der Waals surface area contributed by atoms with E-state index in [4.69, 9.17) is 12.2 Å². The van der Waals surface area contributed by atoms with E-state index in [1.165, 1.54) is 0 Å². The highest BCUT2D eigenvalue weighted by atomic mass is 32.1. The number of benzene rings is 3. The van der Waals surface area contributed by atoms with Crippen molar-refractivity contribution in [3.05, 3.63) is 101 Å². The fourth-order valence-electron chi connectivity index (χ4n) is 3.39. The predicted molar refractivity (Wildman–Crippen MR) is 128 cm³/mol. The van der Waals surface area contributed by atoms with Crippen LogP contribution in [0.2, 0.25) is 0 Å². The molecule has 3 rings (SSSR count). The maximum atomic E-state index is 13.2. The lowest BCUT2D eigenvalue weighted by atomic mass is 10.0. The molecule has 0 aliphatic carbocycles. The summed E-state index contributed by atoms with van der Waals surface area (Å²) in [7, 11) is 0. The molecule has 0 aliphatic heterocycles. The molecule has 4 nitrogen and oxygen atoms in total. The van der Waals surface area contributed by atoms with Crippen LogP contribution < -0.4 is 16.0 Å². The molecule has 3 aromatic carbocycles. The molecular weight excluding hydrogens is 504 g/mol. The Labute approximate surface area is 208 Å². The molecular formula is C25H21F6N3OS. The van der Waals surface area contributed by atoms with Gasteiger partial charge in [0.1, 0.15) is 6.04 Å². The summed E-state index contributed by atoms with van der Waals surface area (Å²) in [5.74, 6) is -0.498. The van der Waals surface area contributed by atoms with Crippen LogP contribution in [0, 0.1) is 0 Å². The van der Waals surface area contributed by atoms with Gasteiger partial charge in [0.05, 0.1) is 17.2 Å². The molecule has 0 fully saturated rings. The first-order valence-electron chi connectivity index (χ1n) is 10.6. The second-order valence-corrected chi connectivity index (χ2v) is 8.29. The number of thiocarbonyl (C=S) groups is 1. The summed E-state index contributed by atoms with van der Waals surface area (Å²) >= 11 is 5.15. The maximum absolute atomic E-state index is 13.2. The Balaban J connectivity index is 1.84. The molecule has 0 aromatic heterocycles. The van der Waals surface area contributed by atoms with E-state index >= 15 is 0 Å². The second-order valence-electron chi connectivity index (χ2n) is 7.88. The molecule has 3 N–H and O–H groups in total. The molecule has 2 atom stereocenters. The van der Waals surface area contributed by atoms with E-state index in [1.54, 1.807) is 37.3 Å². The topological polar surface area (TPSA) is 53.2 Å². The van der Waals surface area contributed by atoms with Crippen molar-refractivity contribution < 1.29 is 31.1 Å². The Bertz CT molecular complexity index is 1170. The van der Waals surface area contributed by atoms with Crippen molar-refractivity contribution in [3.63, 3.8) is 0 Å². The summed E-state index contributed by atoms with van der Waals surface area (Å²) in [6.07, 6.45) is -10.0. The average molecular weight is 526 g/mol. The standard InChI is InChI=1S/C25H21F6N3OS/c1-15(16-8-4-2-5-9-16)32-22(35)21(17-10-6-3-7-11-17)34-23(36)33-20-13-18(24(26,27)28)12-19(14-20)25(29,30)31/h2-15,21H,1H3,(H,32,35)(H2,33,34,36)/t15-,21-/m1/s1. The van der Waals surface area contributed by atoms with Gasteiger partial charge in [-0.25, -0.2) is 0 Å². The third-order valence-electron chi connectivity index (χ3n) is 5.17. The number of halogens is 6. The van der Waals surface area contributed by atoms with E-state index < -0.39 is 41.1 Å². The molecule has 0 radical (unpaired) electrons. The van der Waals surface area contributed by atoms with Crippen LogP contribution in [0.1, 0.15) is 41.3 Å². The third kappa shape index (κ3) is 7.20. The van der Waals surface area contributed by atoms with Gasteiger partial charge in [-0.15, -0.1) is 0 Å². The van der Waals surface area contributed by atoms with Crippen molar-refractivity contribution in [1.82, 2.24) is 10.6 Å². The van der Waals surface area contributed by atoms with E-state index in [2.05, 4.69) is 16.0 Å². The van der Waals surface area contributed by atoms with Gasteiger partial charge in [0.2, 0.25) is 5.91 Å². The molecule has 36 heavy (non-hydrogen) atoms. The molecule has 190 valence electrons. The van der Waals surface area contributed by atoms with Gasteiger partial charge in [-0.05, 0) is 48.5 Å². The van der Waals surface area contributed by atoms with Gasteiger partial charge < -0.3 is 16.0 Å². The van der Waals surface area contributed by atoms with Gasteiger partial charge in [-0.1, -0.05) is 60.7 Å². The largest absolute Gasteiger partial charge is 0.416 e. The Kier molecular flexibility index (Phi) is 8.24. The summed E-state index contributed by atoms with van der Waals surface area (Å²) in [5.41, 5.74) is -2.19. The average Bonchev–Trinajstić information content (AvgIpc) is 2.82. The van der Waals surface area contributed by atoms with Gasteiger partial charge in [0, 0.05) is 5.69 Å². The lowest BCUT2D eigenvalue weighted by molar-refractivity contribution is -0.143. The smallest absolute Gasteiger partial charge is 0.347 e. The van der Waals surface area contributed by atoms with Crippen molar-refractivity contribution >= 4 is 28.9 Å². The van der Waals surface area contributed by atoms with E-state index in [9.17, 15) is 31.1 Å². The van der Waals surface area contributed by atoms with Crippen molar-refractivity contribution in [2.24, 2.45) is 0 Å². The van der Waals surface area contributed by atoms with Crippen molar-refractivity contribution in [2.75, 3.05) is 5.32 Å². The van der Waals surface area contributed by atoms with Crippen molar-refractivity contribution in [2.45, 2.75) is 31.4 Å². The Hall–Kier alpha value is -3.60. The summed E-state index contributed by atoms with van der Waals surface area (Å²) in [6, 6.07) is 17.0. The number of alkyl halides is 6. The number of hydrogen-bond acceptors (Lipinski definition) is 2. The van der Waals surface area contributed by atoms with Crippen molar-refractivity contribution in [1.29, 1.82) is 0 Å². The van der Waals surface area contributed by atoms with Crippen LogP contribution in [0.4, 0.5) is 32.0 Å². The Morgan fingerprint density at radius 3 is 1.69 bits per heavy atom. The van der Waals surface area contributed by atoms with E-state index in [0.29, 0.717) is 17.7 Å². The first-order valence-corrected chi connectivity index (χ1v) is 11.0. The highest BCUT2D eigenvalue weighted by molar-refractivity contribution is 7.80. The quantitative estimate of drug-likeness (QED) is 0.250. The Morgan fingerprint density at radius 2 is 1.22 bits per heavy atom. The highest BCUT2D eigenvalue weighted by Gasteiger charge is 2.37. The minimum atomic E-state index is -5.01. The summed E-state index contributed by atoms with van der Waals surface area (Å²) < 4.78 is 79.1. The fraction of sp³-hybridized carbons (Fsp3) is 0.200. The van der Waals surface area contributed by atoms with Crippen LogP contribution in [0.5, 0.6) is 0 Å². The number of amides is 1. The van der Waals surface area contributed by atoms with Gasteiger partial charge >= 0.3 is 12.4 Å². The molecule has 0 saturated carbocycles. The van der Waals surface area contributed by atoms with Crippen LogP contribution in [-0.2, 0) is 17.1 Å². The zero-order valence-corrected chi connectivity index (χ0v) is 19.6. The molecule has 3 aromatic rings. The number of anilines is 1. The normalized spacial score (nSPS) is 13.4. The predicted octanol–water partition coefficient (Wildman–Crippen LogP) is 6.63. The van der Waals surface area contributed by atoms with Crippen LogP contribution in [0.25, 0.3) is 0 Å². The SMILES string of the molecule is C[C@@H](NC(=O)[C@H](NC(=S)Nc1cc(C(F)(F)F)cc(C(F)(F)F)c1)c1ccccc1)c1ccccc1. The fourth-order valence-corrected chi connectivity index (χ4v) is 3.63. The third-order valence-corrected chi connectivity index (χ3v) is 5.39. The summed E-state index contributed by atoms with van der Waals surface area (Å²) in [4.78, 5) is 13.1. The lowest BCUT2D eigenvalue weighted by Crippen LogP contribution is -2.42. The molecule has 0 heterocycles. The van der Waals surface area contributed by atoms with Gasteiger partial charge in [0.25, 0.3) is 0 Å².